The third-order valence-electron chi connectivity index (χ3n) is 7.49. The summed E-state index contributed by atoms with van der Waals surface area (Å²) in [7, 11) is 0. The van der Waals surface area contributed by atoms with Crippen LogP contribution in [0.2, 0.25) is 5.02 Å². The predicted molar refractivity (Wildman–Crippen MR) is 159 cm³/mol. The second-order valence-corrected chi connectivity index (χ2v) is 11.3. The molecule has 2 aromatic carbocycles. The molecule has 0 bridgehead atoms. The number of hydrogen-bond acceptors (Lipinski definition) is 4. The molecule has 38 heavy (non-hydrogen) atoms. The minimum absolute atomic E-state index is 0.180. The van der Waals surface area contributed by atoms with Gasteiger partial charge in [-0.2, -0.15) is 0 Å². The zero-order valence-corrected chi connectivity index (χ0v) is 23.1. The molecule has 4 heterocycles. The van der Waals surface area contributed by atoms with Crippen LogP contribution >= 0.6 is 23.8 Å². The van der Waals surface area contributed by atoms with Gasteiger partial charge < -0.3 is 19.5 Å². The summed E-state index contributed by atoms with van der Waals surface area (Å²) < 4.78 is 6.47. The molecule has 1 N–H and O–H groups in total. The van der Waals surface area contributed by atoms with Crippen LogP contribution in [0.25, 0.3) is 11.3 Å². The molecule has 0 unspecified atom stereocenters. The van der Waals surface area contributed by atoms with Gasteiger partial charge in [0.25, 0.3) is 0 Å². The Labute approximate surface area is 234 Å². The Morgan fingerprint density at radius 3 is 2.42 bits per heavy atom. The van der Waals surface area contributed by atoms with Gasteiger partial charge >= 0.3 is 0 Å². The van der Waals surface area contributed by atoms with Crippen LogP contribution in [-0.2, 0) is 0 Å². The van der Waals surface area contributed by atoms with Crippen LogP contribution in [0.5, 0.6) is 0 Å². The van der Waals surface area contributed by atoms with Crippen molar-refractivity contribution < 1.29 is 4.42 Å². The van der Waals surface area contributed by atoms with E-state index in [1.165, 1.54) is 6.42 Å². The van der Waals surface area contributed by atoms with Gasteiger partial charge in [0, 0.05) is 30.5 Å². The third-order valence-corrected chi connectivity index (χ3v) is 8.11. The number of nitrogens with zero attached hydrogens (tertiary/aromatic N) is 3. The maximum absolute atomic E-state index is 6.95. The van der Waals surface area contributed by atoms with Gasteiger partial charge in [-0.1, -0.05) is 61.8 Å². The Bertz CT molecular complexity index is 1420. The van der Waals surface area contributed by atoms with Crippen LogP contribution in [0.15, 0.2) is 89.5 Å². The second kappa shape index (κ2) is 10.4. The van der Waals surface area contributed by atoms with Gasteiger partial charge in [0.2, 0.25) is 0 Å². The van der Waals surface area contributed by atoms with Gasteiger partial charge in [-0.25, -0.2) is 0 Å². The molecule has 2 aliphatic heterocycles. The van der Waals surface area contributed by atoms with Crippen LogP contribution in [0.4, 0.5) is 11.4 Å². The van der Waals surface area contributed by atoms with Crippen molar-refractivity contribution in [1.29, 1.82) is 0 Å². The Balaban J connectivity index is 1.38. The van der Waals surface area contributed by atoms with Crippen molar-refractivity contribution in [3.05, 3.63) is 102 Å². The van der Waals surface area contributed by atoms with E-state index in [1.807, 2.05) is 60.8 Å². The highest BCUT2D eigenvalue weighted by molar-refractivity contribution is 7.80. The fraction of sp³-hybridized carbons (Fsp3) is 0.290. The number of halogens is 1. The number of furan rings is 1. The molecule has 2 aromatic heterocycles. The highest BCUT2D eigenvalue weighted by atomic mass is 35.5. The molecule has 2 saturated heterocycles. The van der Waals surface area contributed by atoms with Gasteiger partial charge in [0.15, 0.2) is 5.11 Å². The van der Waals surface area contributed by atoms with Crippen molar-refractivity contribution in [2.24, 2.45) is 11.8 Å². The van der Waals surface area contributed by atoms with Crippen molar-refractivity contribution in [3.63, 3.8) is 0 Å². The predicted octanol–water partition coefficient (Wildman–Crippen LogP) is 7.65. The lowest BCUT2D eigenvalue weighted by molar-refractivity contribution is 0.357. The number of anilines is 2. The SMILES string of the molecule is C[C@@H]1C[C@H](C)CN(c2ccc(N3C(=S)N[C@@H](c4ccccn4)[C@@H]3c3ccc(-c4ccccc4)o3)cc2Cl)C1. The lowest BCUT2D eigenvalue weighted by Crippen LogP contribution is -2.38. The summed E-state index contributed by atoms with van der Waals surface area (Å²) in [5, 5.41) is 4.86. The molecule has 4 aromatic rings. The van der Waals surface area contributed by atoms with Crippen LogP contribution in [0, 0.1) is 11.8 Å². The van der Waals surface area contributed by atoms with Gasteiger partial charge in [0.05, 0.1) is 22.4 Å². The topological polar surface area (TPSA) is 44.5 Å². The summed E-state index contributed by atoms with van der Waals surface area (Å²) >= 11 is 12.8. The third kappa shape index (κ3) is 4.79. The average molecular weight is 543 g/mol. The lowest BCUT2D eigenvalue weighted by Gasteiger charge is -2.37. The largest absolute Gasteiger partial charge is 0.459 e. The van der Waals surface area contributed by atoms with Crippen molar-refractivity contribution >= 4 is 40.3 Å². The summed E-state index contributed by atoms with van der Waals surface area (Å²) in [5.74, 6) is 2.92. The monoisotopic (exact) mass is 542 g/mol. The first-order valence-corrected chi connectivity index (χ1v) is 14.0. The van der Waals surface area contributed by atoms with Crippen molar-refractivity contribution in [1.82, 2.24) is 10.3 Å². The zero-order chi connectivity index (χ0) is 26.2. The second-order valence-electron chi connectivity index (χ2n) is 10.6. The molecule has 0 radical (unpaired) electrons. The molecule has 4 atom stereocenters. The first-order chi connectivity index (χ1) is 18.5. The standard InChI is InChI=1S/C31H31ClN4OS/c1-20-16-21(2)19-35(18-20)26-12-11-23(17-24(26)32)36-30(29(34-31(36)38)25-10-6-7-15-33-25)28-14-13-27(37-28)22-8-4-3-5-9-22/h3-15,17,20-21,29-30H,16,18-19H2,1-2H3,(H,34,38)/t20-,21+,29-,30-/m0/s1. The van der Waals surface area contributed by atoms with E-state index in [2.05, 4.69) is 58.2 Å². The Hall–Kier alpha value is -3.35. The summed E-state index contributed by atoms with van der Waals surface area (Å²) in [4.78, 5) is 9.17. The number of aromatic nitrogens is 1. The molecule has 2 aliphatic rings. The van der Waals surface area contributed by atoms with Gasteiger partial charge in [-0.3, -0.25) is 4.98 Å². The number of piperidine rings is 1. The maximum atomic E-state index is 6.95. The van der Waals surface area contributed by atoms with Gasteiger partial charge in [-0.15, -0.1) is 0 Å². The van der Waals surface area contributed by atoms with E-state index in [0.717, 1.165) is 52.3 Å². The van der Waals surface area contributed by atoms with E-state index in [0.29, 0.717) is 16.9 Å². The van der Waals surface area contributed by atoms with Crippen LogP contribution < -0.4 is 15.1 Å². The molecule has 5 nitrogen and oxygen atoms in total. The Kier molecular flexibility index (Phi) is 6.85. The summed E-state index contributed by atoms with van der Waals surface area (Å²) in [6, 6.07) is 26.0. The smallest absolute Gasteiger partial charge is 0.174 e. The molecule has 0 aliphatic carbocycles. The highest BCUT2D eigenvalue weighted by Crippen LogP contribution is 2.44. The minimum atomic E-state index is -0.230. The van der Waals surface area contributed by atoms with E-state index in [1.54, 1.807) is 0 Å². The molecule has 194 valence electrons. The summed E-state index contributed by atoms with van der Waals surface area (Å²) in [5.41, 5.74) is 3.94. The molecule has 0 saturated carbocycles. The fourth-order valence-corrected chi connectivity index (χ4v) is 6.59. The van der Waals surface area contributed by atoms with Crippen LogP contribution in [-0.4, -0.2) is 23.2 Å². The van der Waals surface area contributed by atoms with Crippen LogP contribution in [0.3, 0.4) is 0 Å². The number of benzene rings is 2. The number of thiocarbonyl (C=S) groups is 1. The fourth-order valence-electron chi connectivity index (χ4n) is 5.95. The van der Waals surface area contributed by atoms with Gasteiger partial charge in [-0.05, 0) is 72.9 Å². The Morgan fingerprint density at radius 1 is 0.947 bits per heavy atom. The molecule has 0 spiro atoms. The molecular formula is C31H31ClN4OS. The highest BCUT2D eigenvalue weighted by Gasteiger charge is 2.43. The lowest BCUT2D eigenvalue weighted by atomic mass is 9.91. The van der Waals surface area contributed by atoms with E-state index >= 15 is 0 Å². The number of nitrogens with one attached hydrogen (secondary N) is 1. The average Bonchev–Trinajstić information content (AvgIpc) is 3.54. The maximum Gasteiger partial charge on any atom is 0.174 e. The van der Waals surface area contributed by atoms with E-state index in [-0.39, 0.29) is 12.1 Å². The van der Waals surface area contributed by atoms with Crippen molar-refractivity contribution in [2.75, 3.05) is 22.9 Å². The van der Waals surface area contributed by atoms with Crippen LogP contribution in [0.1, 0.15) is 43.8 Å². The number of hydrogen-bond donors (Lipinski definition) is 1. The van der Waals surface area contributed by atoms with E-state index in [9.17, 15) is 0 Å². The number of pyridine rings is 1. The zero-order valence-electron chi connectivity index (χ0n) is 21.5. The van der Waals surface area contributed by atoms with Gasteiger partial charge in [0.1, 0.15) is 17.6 Å². The normalized spacial score (nSPS) is 23.5. The quantitative estimate of drug-likeness (QED) is 0.261. The molecular weight excluding hydrogens is 512 g/mol. The van der Waals surface area contributed by atoms with Crippen molar-refractivity contribution in [2.45, 2.75) is 32.4 Å². The van der Waals surface area contributed by atoms with Crippen molar-refractivity contribution in [3.8, 4) is 11.3 Å². The molecule has 7 heteroatoms. The Morgan fingerprint density at radius 2 is 1.71 bits per heavy atom. The molecule has 2 fully saturated rings. The van der Waals surface area contributed by atoms with E-state index in [4.69, 9.17) is 28.2 Å². The molecule has 0 amide bonds. The molecule has 6 rings (SSSR count). The van der Waals surface area contributed by atoms with E-state index < -0.39 is 0 Å². The first kappa shape index (κ1) is 25.0. The number of rotatable bonds is 5. The minimum Gasteiger partial charge on any atom is -0.459 e. The summed E-state index contributed by atoms with van der Waals surface area (Å²) in [6.07, 6.45) is 3.06. The summed E-state index contributed by atoms with van der Waals surface area (Å²) in [6.45, 7) is 6.67. The first-order valence-electron chi connectivity index (χ1n) is 13.2.